The van der Waals surface area contributed by atoms with Gasteiger partial charge in [0.05, 0.1) is 25.3 Å². The van der Waals surface area contributed by atoms with E-state index in [2.05, 4.69) is 124 Å². The topological polar surface area (TPSA) is 245 Å². The molecule has 18 nitrogen and oxygen atoms in total. The number of ketones is 2. The number of carbonyl (C=O) groups excluding carboxylic acids is 2. The summed E-state index contributed by atoms with van der Waals surface area (Å²) in [7, 11) is 2.14. The van der Waals surface area contributed by atoms with E-state index in [1.165, 1.54) is 33.8 Å². The summed E-state index contributed by atoms with van der Waals surface area (Å²) in [5.74, 6) is -1.85. The number of rotatable bonds is 9. The maximum absolute atomic E-state index is 11.1. The van der Waals surface area contributed by atoms with E-state index >= 15 is 0 Å². The quantitative estimate of drug-likeness (QED) is 0.0699. The van der Waals surface area contributed by atoms with Gasteiger partial charge in [-0.05, 0) is 88.2 Å². The zero-order chi connectivity index (χ0) is 47.7. The van der Waals surface area contributed by atoms with Crippen LogP contribution in [0.3, 0.4) is 0 Å². The van der Waals surface area contributed by atoms with Gasteiger partial charge in [-0.25, -0.2) is 0 Å². The number of aliphatic hydroxyl groups excluding tert-OH is 2. The normalized spacial score (nSPS) is 17.0. The monoisotopic (exact) mass is 1040 g/mol. The molecule has 0 amide bonds. The second-order valence-electron chi connectivity index (χ2n) is 14.2. The van der Waals surface area contributed by atoms with E-state index in [0.29, 0.717) is 0 Å². The fourth-order valence-electron chi connectivity index (χ4n) is 6.30. The molecule has 2 aromatic heterocycles. The van der Waals surface area contributed by atoms with Gasteiger partial charge in [0.1, 0.15) is 30.0 Å². The first kappa shape index (κ1) is 52.6. The van der Waals surface area contributed by atoms with Crippen molar-refractivity contribution in [3.63, 3.8) is 0 Å². The number of anilines is 1. The van der Waals surface area contributed by atoms with Gasteiger partial charge in [-0.3, -0.25) is 40.0 Å². The van der Waals surface area contributed by atoms with E-state index in [9.17, 15) is 40.0 Å². The summed E-state index contributed by atoms with van der Waals surface area (Å²) >= 11 is 18.9. The van der Waals surface area contributed by atoms with E-state index in [4.69, 9.17) is 34.8 Å². The summed E-state index contributed by atoms with van der Waals surface area (Å²) in [4.78, 5) is 51.7. The molecule has 24 heteroatoms. The third-order valence-electron chi connectivity index (χ3n) is 9.66. The van der Waals surface area contributed by atoms with Gasteiger partial charge >= 0.3 is 10.0 Å². The summed E-state index contributed by atoms with van der Waals surface area (Å²) in [6, 6.07) is 12.9. The molecule has 0 spiro atoms. The van der Waals surface area contributed by atoms with Crippen LogP contribution in [-0.2, 0) is 31.8 Å². The van der Waals surface area contributed by atoms with E-state index < -0.39 is 21.4 Å². The fourth-order valence-corrected chi connectivity index (χ4v) is 7.90. The molecule has 3 aliphatic rings. The number of fused-ring (bicyclic) bond motifs is 1. The SMILES string of the molecule is CCN(CC)c1ccc(/C=C/C2=[N+](C)c3ccc(Cl)cc3C2(C)C)c(C)c1.O=C1C=C(O)C(=NN=c2[n-]cc([N+](=O)[O-])s2)C=C1Cl.O=C1C=C(O)C(=NN=c2[n-]cc([N+](=O)[O-])s2)C=C1Cl.[Co]. The van der Waals surface area contributed by atoms with Crippen LogP contribution in [0.15, 0.2) is 121 Å². The van der Waals surface area contributed by atoms with Gasteiger partial charge in [-0.2, -0.15) is 4.58 Å². The minimum absolute atomic E-state index is 0. The molecule has 0 saturated heterocycles. The van der Waals surface area contributed by atoms with E-state index in [1.54, 1.807) is 0 Å². The predicted octanol–water partition coefficient (Wildman–Crippen LogP) is 8.25. The Morgan fingerprint density at radius 2 is 1.29 bits per heavy atom. The van der Waals surface area contributed by atoms with E-state index in [0.717, 1.165) is 77.5 Å². The van der Waals surface area contributed by atoms with Crippen LogP contribution < -0.4 is 24.5 Å². The van der Waals surface area contributed by atoms with Crippen LogP contribution in [0.25, 0.3) is 6.08 Å². The van der Waals surface area contributed by atoms with Crippen LogP contribution in [0, 0.1) is 27.2 Å². The third-order valence-corrected chi connectivity index (χ3v) is 12.2. The Morgan fingerprint density at radius 1 is 0.788 bits per heavy atom. The minimum Gasteiger partial charge on any atom is -0.506 e. The van der Waals surface area contributed by atoms with Gasteiger partial charge in [-0.1, -0.05) is 63.5 Å². The summed E-state index contributed by atoms with van der Waals surface area (Å²) in [5.41, 5.74) is 7.54. The molecule has 2 aliphatic carbocycles. The van der Waals surface area contributed by atoms with Crippen LogP contribution in [0.5, 0.6) is 0 Å². The maximum Gasteiger partial charge on any atom is 0.319 e. The zero-order valence-electron chi connectivity index (χ0n) is 35.6. The van der Waals surface area contributed by atoms with Crippen LogP contribution in [0.2, 0.25) is 5.02 Å². The van der Waals surface area contributed by atoms with Crippen LogP contribution in [-0.4, -0.2) is 73.5 Å². The van der Waals surface area contributed by atoms with Crippen molar-refractivity contribution in [2.24, 2.45) is 20.4 Å². The standard InChI is InChI=1S/C24H30ClN2.2C9H5ClN4O4S.Co/c1-7-27(8-2)20-12-9-18(17(3)15-20)10-14-23-24(4,5)21-16-19(25)11-13-22(21)26(23)6;2*10-4-1-5(7(16)2-6(4)15)12-13-9-11-3-8(19-9)14(17)18;/h9-16H,7-8H2,1-6H3;2*1-3H,(H2,11,13,15,16);/q+1;;;/p-2. The first-order valence-electron chi connectivity index (χ1n) is 19.1. The molecule has 0 bridgehead atoms. The first-order chi connectivity index (χ1) is 30.7. The fraction of sp³-hybridized carbons (Fsp3) is 0.214. The Kier molecular flexibility index (Phi) is 18.2. The summed E-state index contributed by atoms with van der Waals surface area (Å²) in [5, 5.41) is 54.5. The molecule has 66 heavy (non-hydrogen) atoms. The molecule has 2 N–H and O–H groups in total. The van der Waals surface area contributed by atoms with Crippen molar-refractivity contribution in [2.75, 3.05) is 25.0 Å². The Balaban J connectivity index is 0.000000220. The average molecular weight is 1040 g/mol. The third kappa shape index (κ3) is 12.8. The van der Waals surface area contributed by atoms with Gasteiger partial charge in [0, 0.05) is 92.4 Å². The number of aromatic nitrogens is 2. The number of hydrogen-bond donors (Lipinski definition) is 2. The summed E-state index contributed by atoms with van der Waals surface area (Å²) in [6.45, 7) is 13.2. The molecule has 7 rings (SSSR count). The Morgan fingerprint density at radius 3 is 1.73 bits per heavy atom. The van der Waals surface area contributed by atoms with Gasteiger partial charge in [-0.15, -0.1) is 0 Å². The summed E-state index contributed by atoms with van der Waals surface area (Å²) in [6.07, 6.45) is 10.7. The second kappa shape index (κ2) is 22.9. The average Bonchev–Trinajstić information content (AvgIpc) is 3.98. The van der Waals surface area contributed by atoms with E-state index in [1.807, 2.05) is 6.07 Å². The van der Waals surface area contributed by atoms with Gasteiger partial charge in [0.2, 0.25) is 17.3 Å². The molecule has 1 aliphatic heterocycles. The maximum atomic E-state index is 11.1. The molecule has 0 unspecified atom stereocenters. The van der Waals surface area contributed by atoms with Crippen LogP contribution in [0.1, 0.15) is 44.4 Å². The van der Waals surface area contributed by atoms with Crippen molar-refractivity contribution < 1.29 is 51.0 Å². The van der Waals surface area contributed by atoms with Crippen molar-refractivity contribution in [3.8, 4) is 0 Å². The van der Waals surface area contributed by atoms with Crippen molar-refractivity contribution in [1.29, 1.82) is 0 Å². The Labute approximate surface area is 409 Å². The number of allylic oxidation sites excluding steroid dienone is 7. The van der Waals surface area contributed by atoms with E-state index in [-0.39, 0.29) is 74.8 Å². The molecular formula is C42H38Cl3CoN10O8S2-. The van der Waals surface area contributed by atoms with Gasteiger partial charge in [0.25, 0.3) is 0 Å². The number of nitrogens with zero attached hydrogens (tertiary/aromatic N) is 10. The summed E-state index contributed by atoms with van der Waals surface area (Å²) < 4.78 is 2.28. The number of aryl methyl sites for hydroxylation is 1. The number of carbonyl (C=O) groups is 2. The van der Waals surface area contributed by atoms with Gasteiger partial charge in [0.15, 0.2) is 5.71 Å². The molecule has 2 aromatic carbocycles. The molecule has 0 fully saturated rings. The molecule has 0 saturated carbocycles. The van der Waals surface area contributed by atoms with Crippen molar-refractivity contribution in [2.45, 2.75) is 40.0 Å². The number of hydrogen-bond acceptors (Lipinski definition) is 15. The molecule has 347 valence electrons. The van der Waals surface area contributed by atoms with Crippen LogP contribution >= 0.6 is 57.5 Å². The number of benzene rings is 2. The molecule has 3 heterocycles. The van der Waals surface area contributed by atoms with Crippen molar-refractivity contribution >= 4 is 114 Å². The minimum atomic E-state index is -0.600. The zero-order valence-corrected chi connectivity index (χ0v) is 40.5. The van der Waals surface area contributed by atoms with Crippen molar-refractivity contribution in [3.05, 3.63) is 152 Å². The first-order valence-corrected chi connectivity index (χ1v) is 21.9. The number of nitro groups is 2. The Hall–Kier alpha value is -6.07. The largest absolute Gasteiger partial charge is 0.506 e. The Bertz CT molecular complexity index is 2870. The number of thiazole rings is 2. The van der Waals surface area contributed by atoms with Crippen LogP contribution in [0.4, 0.5) is 21.4 Å². The molecule has 4 aromatic rings. The number of aliphatic hydroxyl groups is 2. The molecule has 0 atom stereocenters. The van der Waals surface area contributed by atoms with Crippen molar-refractivity contribution in [1.82, 2.24) is 9.97 Å². The predicted molar refractivity (Wildman–Crippen MR) is 253 cm³/mol. The van der Waals surface area contributed by atoms with Gasteiger partial charge < -0.3 is 35.3 Å². The molecular weight excluding hydrogens is 1000 g/mol. The smallest absolute Gasteiger partial charge is 0.319 e. The second-order valence-corrected chi connectivity index (χ2v) is 17.4. The molecule has 1 radical (unpaired) electrons. The number of halogens is 3.